The van der Waals surface area contributed by atoms with Gasteiger partial charge in [0.05, 0.1) is 28.1 Å². The molecule has 0 amide bonds. The van der Waals surface area contributed by atoms with Gasteiger partial charge in [-0.05, 0) is 54.1 Å². The number of aryl methyl sites for hydroxylation is 2. The molecule has 0 saturated carbocycles. The van der Waals surface area contributed by atoms with Crippen molar-refractivity contribution in [3.63, 3.8) is 0 Å². The molecule has 11 rings (SSSR count). The minimum absolute atomic E-state index is 0. The fourth-order valence-electron chi connectivity index (χ4n) is 9.36. The van der Waals surface area contributed by atoms with Gasteiger partial charge in [-0.25, -0.2) is 4.98 Å². The normalized spacial score (nSPS) is 11.7. The van der Waals surface area contributed by atoms with Gasteiger partial charge >= 0.3 is 148 Å². The largest absolute Gasteiger partial charge is 0.486 e. The molecule has 11 aromatic rings. The first-order chi connectivity index (χ1) is 31.5. The molecule has 0 atom stereocenters. The van der Waals surface area contributed by atoms with Gasteiger partial charge < -0.3 is 8.98 Å². The Morgan fingerprint density at radius 2 is 1.39 bits per heavy atom. The van der Waals surface area contributed by atoms with Crippen molar-refractivity contribution in [2.75, 3.05) is 0 Å². The van der Waals surface area contributed by atoms with Gasteiger partial charge in [-0.2, -0.15) is 0 Å². The Labute approximate surface area is 403 Å². The van der Waals surface area contributed by atoms with Gasteiger partial charge in [0.25, 0.3) is 0 Å². The summed E-state index contributed by atoms with van der Waals surface area (Å²) in [5.74, 6) is 8.83. The zero-order valence-corrected chi connectivity index (χ0v) is 43.0. The van der Waals surface area contributed by atoms with E-state index < -0.39 is 13.3 Å². The number of imidazole rings is 1. The van der Waals surface area contributed by atoms with Crippen LogP contribution in [0, 0.1) is 31.9 Å². The smallest absolute Gasteiger partial charge is 0.216 e. The molecule has 1 radical (unpaired) electrons. The molecule has 4 aromatic heterocycles. The molecular formula is C59H52GeIrN4O-2. The third kappa shape index (κ3) is 8.78. The van der Waals surface area contributed by atoms with Gasteiger partial charge in [-0.15, -0.1) is 18.2 Å². The van der Waals surface area contributed by atoms with Crippen LogP contribution in [0.1, 0.15) is 36.1 Å². The van der Waals surface area contributed by atoms with E-state index >= 15 is 0 Å². The third-order valence-corrected chi connectivity index (χ3v) is 16.8. The maximum Gasteiger partial charge on any atom is 0.216 e. The zero-order valence-electron chi connectivity index (χ0n) is 38.5. The standard InChI is InChI=1S/C37H26N3O.C22H26GeN.Ir/c1-23-10-8-11-24(2)33(23)31-21-19-29-28-16-9-17-30(35(28)41-37(29)39-31)36-38-32-20-18-26-14-6-7-15-27(26)34(32)40(36)22-25-12-4-3-5-13-25;1-16(2)12-20-14-22(24-15-21(20)23(3,4)5)19-11-10-17-8-6-7-9-18(17)13-19;/h3-16,18-21H,22H2,1-2H3;6-10,13-16H,12H2,1-5H3;/q2*-1;. The number of benzene rings is 7. The van der Waals surface area contributed by atoms with Crippen LogP contribution in [-0.4, -0.2) is 32.8 Å². The molecule has 0 saturated heterocycles. The first kappa shape index (κ1) is 45.0. The van der Waals surface area contributed by atoms with Crippen LogP contribution in [0.25, 0.3) is 88.5 Å². The van der Waals surface area contributed by atoms with Gasteiger partial charge in [-0.3, -0.25) is 4.98 Å². The van der Waals surface area contributed by atoms with Crippen molar-refractivity contribution in [3.05, 3.63) is 192 Å². The fourth-order valence-corrected chi connectivity index (χ4v) is 12.7. The molecule has 0 N–H and O–H groups in total. The van der Waals surface area contributed by atoms with Crippen LogP contribution in [0.5, 0.6) is 0 Å². The van der Waals surface area contributed by atoms with Gasteiger partial charge in [-0.1, -0.05) is 89.8 Å². The summed E-state index contributed by atoms with van der Waals surface area (Å²) in [5, 5.41) is 6.84. The van der Waals surface area contributed by atoms with E-state index in [1.807, 2.05) is 6.07 Å². The molecule has 0 fully saturated rings. The molecule has 4 heterocycles. The van der Waals surface area contributed by atoms with E-state index in [4.69, 9.17) is 19.4 Å². The topological polar surface area (TPSA) is 56.7 Å². The van der Waals surface area contributed by atoms with Crippen molar-refractivity contribution in [1.82, 2.24) is 19.5 Å². The molecule has 329 valence electrons. The average Bonchev–Trinajstić information content (AvgIpc) is 3.87. The van der Waals surface area contributed by atoms with Crippen molar-refractivity contribution in [1.29, 1.82) is 0 Å². The third-order valence-electron chi connectivity index (χ3n) is 12.5. The van der Waals surface area contributed by atoms with Crippen LogP contribution in [-0.2, 0) is 33.1 Å². The molecule has 66 heavy (non-hydrogen) atoms. The summed E-state index contributed by atoms with van der Waals surface area (Å²) in [6.07, 6.45) is 3.27. The Balaban J connectivity index is 0.000000188. The SMILES string of the molecule is CC(C)Cc1cc(-c2[c-]cc3ccccc3c2)nc[c]1[Ge]([CH3])([CH3])[CH3].Cc1cccc(C)c1-c1ccc2c(n1)oc1c(-c3nc4ccc5ccccc5c4n3Cc3ccccc3)[c-]ccc12.[Ir]. The molecule has 0 aliphatic rings. The minimum atomic E-state index is -1.91. The van der Waals surface area contributed by atoms with Gasteiger partial charge in [0.2, 0.25) is 5.71 Å². The van der Waals surface area contributed by atoms with Crippen molar-refractivity contribution in [2.24, 2.45) is 5.92 Å². The van der Waals surface area contributed by atoms with Crippen LogP contribution >= 0.6 is 0 Å². The zero-order chi connectivity index (χ0) is 44.8. The number of pyridine rings is 2. The molecule has 0 aliphatic heterocycles. The van der Waals surface area contributed by atoms with Gasteiger partial charge in [0.1, 0.15) is 0 Å². The maximum atomic E-state index is 6.57. The van der Waals surface area contributed by atoms with E-state index in [-0.39, 0.29) is 20.1 Å². The second-order valence-corrected chi connectivity index (χ2v) is 29.3. The minimum Gasteiger partial charge on any atom is -0.486 e. The Morgan fingerprint density at radius 1 is 0.667 bits per heavy atom. The Morgan fingerprint density at radius 3 is 2.15 bits per heavy atom. The van der Waals surface area contributed by atoms with Gasteiger partial charge in [0.15, 0.2) is 0 Å². The first-order valence-corrected chi connectivity index (χ1v) is 30.0. The molecule has 7 heteroatoms. The van der Waals surface area contributed by atoms with Crippen LogP contribution in [0.3, 0.4) is 0 Å². The van der Waals surface area contributed by atoms with Crippen molar-refractivity contribution < 1.29 is 24.5 Å². The molecule has 0 aliphatic carbocycles. The molecular weight excluding hydrogens is 1050 g/mol. The van der Waals surface area contributed by atoms with Crippen LogP contribution in [0.4, 0.5) is 0 Å². The molecule has 7 aromatic carbocycles. The van der Waals surface area contributed by atoms with E-state index in [9.17, 15) is 0 Å². The van der Waals surface area contributed by atoms with E-state index in [0.717, 1.165) is 67.7 Å². The number of fused-ring (bicyclic) bond motifs is 7. The van der Waals surface area contributed by atoms with Crippen molar-refractivity contribution >= 4 is 72.3 Å². The van der Waals surface area contributed by atoms with E-state index in [0.29, 0.717) is 18.2 Å². The summed E-state index contributed by atoms with van der Waals surface area (Å²) in [4.78, 5) is 15.0. The predicted molar refractivity (Wildman–Crippen MR) is 275 cm³/mol. The number of rotatable bonds is 8. The second-order valence-electron chi connectivity index (χ2n) is 18.7. The van der Waals surface area contributed by atoms with E-state index in [1.54, 1.807) is 0 Å². The summed E-state index contributed by atoms with van der Waals surface area (Å²) >= 11 is -1.91. The maximum absolute atomic E-state index is 6.57. The molecule has 0 bridgehead atoms. The first-order valence-electron chi connectivity index (χ1n) is 22.6. The summed E-state index contributed by atoms with van der Waals surface area (Å²) in [6, 6.07) is 59.8. The average molecular weight is 1100 g/mol. The summed E-state index contributed by atoms with van der Waals surface area (Å²) < 4.78 is 10.4. The van der Waals surface area contributed by atoms with Crippen molar-refractivity contribution in [2.45, 2.75) is 57.9 Å². The van der Waals surface area contributed by atoms with Gasteiger partial charge in [0, 0.05) is 43.0 Å². The number of nitrogens with zero attached hydrogens (tertiary/aromatic N) is 4. The number of aromatic nitrogens is 4. The predicted octanol–water partition coefficient (Wildman–Crippen LogP) is 14.7. The van der Waals surface area contributed by atoms with Crippen LogP contribution < -0.4 is 4.40 Å². The summed E-state index contributed by atoms with van der Waals surface area (Å²) in [5.41, 5.74) is 13.6. The van der Waals surface area contributed by atoms with E-state index in [1.165, 1.54) is 48.2 Å². The quantitative estimate of drug-likeness (QED) is 0.112. The number of furan rings is 1. The fraction of sp³-hybridized carbons (Fsp3) is 0.169. The van der Waals surface area contributed by atoms with Crippen LogP contribution in [0.15, 0.2) is 162 Å². The monoisotopic (exact) mass is 1100 g/mol. The second kappa shape index (κ2) is 18.6. The van der Waals surface area contributed by atoms with Crippen molar-refractivity contribution in [3.8, 4) is 33.9 Å². The molecule has 0 spiro atoms. The molecule has 5 nitrogen and oxygen atoms in total. The van der Waals surface area contributed by atoms with Crippen LogP contribution in [0.2, 0.25) is 17.3 Å². The Hall–Kier alpha value is -6.18. The summed E-state index contributed by atoms with van der Waals surface area (Å²) in [6.45, 7) is 9.52. The number of hydrogen-bond donors (Lipinski definition) is 0. The molecule has 0 unspecified atom stereocenters. The Bertz CT molecular complexity index is 3530. The summed E-state index contributed by atoms with van der Waals surface area (Å²) in [7, 11) is 0. The van der Waals surface area contributed by atoms with E-state index in [2.05, 4.69) is 213 Å². The number of hydrogen-bond acceptors (Lipinski definition) is 4. The Kier molecular flexibility index (Phi) is 12.7.